The maximum Gasteiger partial charge on any atom is 0.0767 e. The van der Waals surface area contributed by atoms with Crippen molar-refractivity contribution >= 4 is 0 Å². The van der Waals surface area contributed by atoms with Crippen molar-refractivity contribution in [3.05, 3.63) is 0 Å². The van der Waals surface area contributed by atoms with E-state index in [9.17, 15) is 5.11 Å². The van der Waals surface area contributed by atoms with Crippen LogP contribution in [0.1, 0.15) is 46.0 Å². The summed E-state index contributed by atoms with van der Waals surface area (Å²) in [7, 11) is 1.75. The SMILES string of the molecule is CCC(O)(CN)CCCN(CCOC)C(C)C1CC1. The molecule has 0 aromatic carbocycles. The highest BCUT2D eigenvalue weighted by atomic mass is 16.5. The van der Waals surface area contributed by atoms with E-state index in [2.05, 4.69) is 11.8 Å². The lowest BCUT2D eigenvalue weighted by Gasteiger charge is -2.31. The summed E-state index contributed by atoms with van der Waals surface area (Å²) in [4.78, 5) is 2.51. The number of ether oxygens (including phenoxy) is 1. The normalized spacial score (nSPS) is 20.5. The summed E-state index contributed by atoms with van der Waals surface area (Å²) in [5.74, 6) is 0.872. The first kappa shape index (κ1) is 16.9. The van der Waals surface area contributed by atoms with E-state index in [1.807, 2.05) is 6.92 Å². The third-order valence-electron chi connectivity index (χ3n) is 4.59. The molecule has 0 saturated heterocycles. The van der Waals surface area contributed by atoms with Crippen LogP contribution in [0.3, 0.4) is 0 Å². The van der Waals surface area contributed by atoms with Crippen LogP contribution in [0.15, 0.2) is 0 Å². The predicted octanol–water partition coefficient (Wildman–Crippen LogP) is 1.61. The molecule has 4 heteroatoms. The molecule has 2 unspecified atom stereocenters. The molecule has 1 aliphatic carbocycles. The molecular formula is C15H32N2O2. The molecule has 0 bridgehead atoms. The van der Waals surface area contributed by atoms with Gasteiger partial charge in [-0.3, -0.25) is 4.90 Å². The number of hydrogen-bond acceptors (Lipinski definition) is 4. The highest BCUT2D eigenvalue weighted by Gasteiger charge is 2.32. The molecule has 2 atom stereocenters. The van der Waals surface area contributed by atoms with Gasteiger partial charge in [-0.15, -0.1) is 0 Å². The van der Waals surface area contributed by atoms with Crippen LogP contribution in [-0.4, -0.2) is 55.0 Å². The van der Waals surface area contributed by atoms with Crippen molar-refractivity contribution < 1.29 is 9.84 Å². The smallest absolute Gasteiger partial charge is 0.0767 e. The van der Waals surface area contributed by atoms with Crippen molar-refractivity contribution in [2.45, 2.75) is 57.6 Å². The molecule has 4 nitrogen and oxygen atoms in total. The molecule has 1 saturated carbocycles. The Bertz CT molecular complexity index is 240. The van der Waals surface area contributed by atoms with Crippen LogP contribution in [0.5, 0.6) is 0 Å². The molecular weight excluding hydrogens is 240 g/mol. The van der Waals surface area contributed by atoms with Crippen molar-refractivity contribution in [1.82, 2.24) is 4.90 Å². The summed E-state index contributed by atoms with van der Waals surface area (Å²) in [6.07, 6.45) is 5.27. The lowest BCUT2D eigenvalue weighted by Crippen LogP contribution is -2.41. The number of aliphatic hydroxyl groups is 1. The van der Waals surface area contributed by atoms with E-state index < -0.39 is 5.60 Å². The van der Waals surface area contributed by atoms with Crippen LogP contribution >= 0.6 is 0 Å². The Morgan fingerprint density at radius 3 is 2.58 bits per heavy atom. The van der Waals surface area contributed by atoms with Crippen molar-refractivity contribution in [1.29, 1.82) is 0 Å². The Balaban J connectivity index is 2.35. The quantitative estimate of drug-likeness (QED) is 0.600. The first-order chi connectivity index (χ1) is 9.06. The van der Waals surface area contributed by atoms with Gasteiger partial charge in [0.15, 0.2) is 0 Å². The zero-order valence-electron chi connectivity index (χ0n) is 12.9. The van der Waals surface area contributed by atoms with Gasteiger partial charge in [0.1, 0.15) is 0 Å². The monoisotopic (exact) mass is 272 g/mol. The summed E-state index contributed by atoms with van der Waals surface area (Å²) < 4.78 is 5.20. The molecule has 0 radical (unpaired) electrons. The molecule has 1 fully saturated rings. The highest BCUT2D eigenvalue weighted by Crippen LogP contribution is 2.35. The van der Waals surface area contributed by atoms with Crippen molar-refractivity contribution in [2.24, 2.45) is 11.7 Å². The van der Waals surface area contributed by atoms with Crippen LogP contribution in [0.2, 0.25) is 0 Å². The van der Waals surface area contributed by atoms with E-state index in [1.165, 1.54) is 12.8 Å². The van der Waals surface area contributed by atoms with Crippen LogP contribution < -0.4 is 5.73 Å². The minimum atomic E-state index is -0.671. The third kappa shape index (κ3) is 5.78. The van der Waals surface area contributed by atoms with Gasteiger partial charge in [-0.2, -0.15) is 0 Å². The molecule has 114 valence electrons. The summed E-state index contributed by atoms with van der Waals surface area (Å²) >= 11 is 0. The van der Waals surface area contributed by atoms with Gasteiger partial charge in [-0.1, -0.05) is 6.92 Å². The first-order valence-corrected chi connectivity index (χ1v) is 7.71. The largest absolute Gasteiger partial charge is 0.389 e. The molecule has 1 rings (SSSR count). The Morgan fingerprint density at radius 1 is 1.42 bits per heavy atom. The second-order valence-electron chi connectivity index (χ2n) is 5.99. The summed E-state index contributed by atoms with van der Waals surface area (Å²) in [6.45, 7) is 7.49. The highest BCUT2D eigenvalue weighted by molar-refractivity contribution is 4.86. The van der Waals surface area contributed by atoms with Crippen LogP contribution in [-0.2, 0) is 4.74 Å². The number of nitrogens with zero attached hydrogens (tertiary/aromatic N) is 1. The Morgan fingerprint density at radius 2 is 2.11 bits per heavy atom. The fraction of sp³-hybridized carbons (Fsp3) is 1.00. The Hall–Kier alpha value is -0.160. The molecule has 0 aromatic rings. The zero-order chi connectivity index (χ0) is 14.3. The maximum atomic E-state index is 10.2. The van der Waals surface area contributed by atoms with Gasteiger partial charge in [0, 0.05) is 26.2 Å². The van der Waals surface area contributed by atoms with Gasteiger partial charge < -0.3 is 15.6 Å². The summed E-state index contributed by atoms with van der Waals surface area (Å²) in [6, 6.07) is 0.641. The lowest BCUT2D eigenvalue weighted by molar-refractivity contribution is 0.0285. The Labute approximate surface area is 118 Å². The molecule has 3 N–H and O–H groups in total. The minimum absolute atomic E-state index is 0.361. The van der Waals surface area contributed by atoms with Crippen molar-refractivity contribution in [3.8, 4) is 0 Å². The fourth-order valence-corrected chi connectivity index (χ4v) is 2.64. The van der Waals surface area contributed by atoms with Crippen LogP contribution in [0, 0.1) is 5.92 Å². The molecule has 0 aromatic heterocycles. The fourth-order valence-electron chi connectivity index (χ4n) is 2.64. The van der Waals surface area contributed by atoms with E-state index in [0.717, 1.165) is 44.9 Å². The minimum Gasteiger partial charge on any atom is -0.389 e. The standard InChI is InChI=1S/C15H32N2O2/c1-4-15(18,12-16)8-5-9-17(10-11-19-3)13(2)14-6-7-14/h13-14,18H,4-12,16H2,1-3H3. The van der Waals surface area contributed by atoms with Crippen LogP contribution in [0.4, 0.5) is 0 Å². The molecule has 0 amide bonds. The topological polar surface area (TPSA) is 58.7 Å². The van der Waals surface area contributed by atoms with Crippen molar-refractivity contribution in [3.63, 3.8) is 0 Å². The van der Waals surface area contributed by atoms with Gasteiger partial charge in [-0.25, -0.2) is 0 Å². The van der Waals surface area contributed by atoms with Crippen LogP contribution in [0.25, 0.3) is 0 Å². The third-order valence-corrected chi connectivity index (χ3v) is 4.59. The van der Waals surface area contributed by atoms with E-state index in [0.29, 0.717) is 12.6 Å². The summed E-state index contributed by atoms with van der Waals surface area (Å²) in [5, 5.41) is 10.2. The van der Waals surface area contributed by atoms with E-state index in [4.69, 9.17) is 10.5 Å². The van der Waals surface area contributed by atoms with E-state index in [1.54, 1.807) is 7.11 Å². The van der Waals surface area contributed by atoms with Gasteiger partial charge >= 0.3 is 0 Å². The Kier molecular flexibility index (Phi) is 7.29. The van der Waals surface area contributed by atoms with E-state index in [-0.39, 0.29) is 0 Å². The molecule has 1 aliphatic rings. The first-order valence-electron chi connectivity index (χ1n) is 7.71. The maximum absolute atomic E-state index is 10.2. The van der Waals surface area contributed by atoms with Crippen molar-refractivity contribution in [2.75, 3.05) is 33.4 Å². The average Bonchev–Trinajstić information content (AvgIpc) is 3.26. The van der Waals surface area contributed by atoms with Gasteiger partial charge in [0.2, 0.25) is 0 Å². The second kappa shape index (κ2) is 8.20. The number of nitrogens with two attached hydrogens (primary N) is 1. The number of hydrogen-bond donors (Lipinski definition) is 2. The molecule has 19 heavy (non-hydrogen) atoms. The van der Waals surface area contributed by atoms with Gasteiger partial charge in [0.05, 0.1) is 12.2 Å². The molecule has 0 heterocycles. The second-order valence-corrected chi connectivity index (χ2v) is 5.99. The molecule has 0 spiro atoms. The lowest BCUT2D eigenvalue weighted by atomic mass is 9.94. The number of methoxy groups -OCH3 is 1. The van der Waals surface area contributed by atoms with Gasteiger partial charge in [-0.05, 0) is 51.5 Å². The van der Waals surface area contributed by atoms with E-state index >= 15 is 0 Å². The number of rotatable bonds is 11. The average molecular weight is 272 g/mol. The molecule has 0 aliphatic heterocycles. The predicted molar refractivity (Wildman–Crippen MR) is 79.2 cm³/mol. The zero-order valence-corrected chi connectivity index (χ0v) is 12.9. The van der Waals surface area contributed by atoms with Gasteiger partial charge in [0.25, 0.3) is 0 Å². The summed E-state index contributed by atoms with van der Waals surface area (Å²) in [5.41, 5.74) is 4.98.